The number of rotatable bonds is 7. The number of hydrogen-bond acceptors (Lipinski definition) is 5. The molecule has 0 fully saturated rings. The van der Waals surface area contributed by atoms with E-state index >= 15 is 0 Å². The second-order valence-electron chi connectivity index (χ2n) is 5.53. The summed E-state index contributed by atoms with van der Waals surface area (Å²) in [5.41, 5.74) is 2.09. The molecule has 0 atom stereocenters. The number of carbonyl (C=O) groups excluding carboxylic acids is 1. The maximum absolute atomic E-state index is 12.2. The van der Waals surface area contributed by atoms with Gasteiger partial charge in [-0.05, 0) is 36.8 Å². The van der Waals surface area contributed by atoms with E-state index in [4.69, 9.17) is 4.74 Å². The van der Waals surface area contributed by atoms with Crippen LogP contribution in [-0.2, 0) is 6.54 Å². The minimum Gasteiger partial charge on any atom is -0.492 e. The number of hydrogen-bond donors (Lipinski definition) is 2. The molecule has 0 radical (unpaired) electrons. The monoisotopic (exact) mass is 348 g/mol. The van der Waals surface area contributed by atoms with Crippen LogP contribution in [0, 0.1) is 0 Å². The largest absolute Gasteiger partial charge is 0.492 e. The fourth-order valence-corrected chi connectivity index (χ4v) is 2.38. The first-order chi connectivity index (χ1) is 12.8. The molecule has 0 bridgehead atoms. The summed E-state index contributed by atoms with van der Waals surface area (Å²) in [6.07, 6.45) is 0. The van der Waals surface area contributed by atoms with E-state index in [-0.39, 0.29) is 11.6 Å². The summed E-state index contributed by atoms with van der Waals surface area (Å²) in [5, 5.41) is 14.1. The Morgan fingerprint density at radius 1 is 0.962 bits per heavy atom. The Labute approximate surface area is 152 Å². The molecular weight excluding hydrogens is 328 g/mol. The molecule has 1 amide bonds. The topological polar surface area (TPSA) is 76.1 Å². The Morgan fingerprint density at radius 2 is 1.73 bits per heavy atom. The van der Waals surface area contributed by atoms with Gasteiger partial charge in [0.15, 0.2) is 11.5 Å². The predicted molar refractivity (Wildman–Crippen MR) is 101 cm³/mol. The summed E-state index contributed by atoms with van der Waals surface area (Å²) in [6.45, 7) is 2.95. The van der Waals surface area contributed by atoms with E-state index in [1.807, 2.05) is 61.5 Å². The highest BCUT2D eigenvalue weighted by Crippen LogP contribution is 2.26. The van der Waals surface area contributed by atoms with Crippen LogP contribution in [-0.4, -0.2) is 22.7 Å². The molecule has 0 aliphatic rings. The minimum absolute atomic E-state index is 0.261. The SMILES string of the molecule is CCOc1ccccc1Nc1ccc(C(=O)NCc2ccccc2)nn1. The highest BCUT2D eigenvalue weighted by atomic mass is 16.5. The number of carbonyl (C=O) groups is 1. The molecular formula is C20H20N4O2. The lowest BCUT2D eigenvalue weighted by molar-refractivity contribution is 0.0945. The van der Waals surface area contributed by atoms with Crippen molar-refractivity contribution in [1.29, 1.82) is 0 Å². The van der Waals surface area contributed by atoms with Crippen molar-refractivity contribution < 1.29 is 9.53 Å². The van der Waals surface area contributed by atoms with Gasteiger partial charge in [0, 0.05) is 6.54 Å². The molecule has 132 valence electrons. The number of ether oxygens (including phenoxy) is 1. The van der Waals surface area contributed by atoms with Gasteiger partial charge in [0.05, 0.1) is 12.3 Å². The van der Waals surface area contributed by atoms with Crippen LogP contribution in [0.3, 0.4) is 0 Å². The van der Waals surface area contributed by atoms with Crippen molar-refractivity contribution in [2.24, 2.45) is 0 Å². The molecule has 0 saturated heterocycles. The highest BCUT2D eigenvalue weighted by molar-refractivity contribution is 5.92. The average molecular weight is 348 g/mol. The van der Waals surface area contributed by atoms with Gasteiger partial charge in [-0.3, -0.25) is 4.79 Å². The number of benzene rings is 2. The number of aromatic nitrogens is 2. The molecule has 0 aliphatic carbocycles. The summed E-state index contributed by atoms with van der Waals surface area (Å²) >= 11 is 0. The molecule has 6 nitrogen and oxygen atoms in total. The van der Waals surface area contributed by atoms with Gasteiger partial charge in [-0.2, -0.15) is 0 Å². The van der Waals surface area contributed by atoms with E-state index < -0.39 is 0 Å². The minimum atomic E-state index is -0.261. The Hall–Kier alpha value is -3.41. The maximum Gasteiger partial charge on any atom is 0.272 e. The Bertz CT molecular complexity index is 851. The first-order valence-corrected chi connectivity index (χ1v) is 8.41. The molecule has 3 aromatic rings. The lowest BCUT2D eigenvalue weighted by atomic mass is 10.2. The quantitative estimate of drug-likeness (QED) is 0.683. The summed E-state index contributed by atoms with van der Waals surface area (Å²) in [6, 6.07) is 20.6. The van der Waals surface area contributed by atoms with Gasteiger partial charge in [-0.1, -0.05) is 42.5 Å². The van der Waals surface area contributed by atoms with E-state index in [1.165, 1.54) is 0 Å². The van der Waals surface area contributed by atoms with E-state index in [1.54, 1.807) is 12.1 Å². The zero-order chi connectivity index (χ0) is 18.2. The maximum atomic E-state index is 12.2. The van der Waals surface area contributed by atoms with Crippen LogP contribution in [0.15, 0.2) is 66.7 Å². The third-order valence-corrected chi connectivity index (χ3v) is 3.64. The van der Waals surface area contributed by atoms with Crippen LogP contribution in [0.25, 0.3) is 0 Å². The van der Waals surface area contributed by atoms with Crippen LogP contribution in [0.4, 0.5) is 11.5 Å². The van der Waals surface area contributed by atoms with Gasteiger partial charge < -0.3 is 15.4 Å². The lowest BCUT2D eigenvalue weighted by Crippen LogP contribution is -2.24. The highest BCUT2D eigenvalue weighted by Gasteiger charge is 2.09. The molecule has 0 aliphatic heterocycles. The molecule has 2 N–H and O–H groups in total. The standard InChI is InChI=1S/C20H20N4O2/c1-2-26-18-11-7-6-10-16(18)22-19-13-12-17(23-24-19)20(25)21-14-15-8-4-3-5-9-15/h3-13H,2,14H2,1H3,(H,21,25)(H,22,24). The summed E-state index contributed by atoms with van der Waals surface area (Å²) < 4.78 is 5.57. The van der Waals surface area contributed by atoms with E-state index in [9.17, 15) is 4.79 Å². The van der Waals surface area contributed by atoms with Gasteiger partial charge >= 0.3 is 0 Å². The molecule has 3 rings (SSSR count). The molecule has 1 aromatic heterocycles. The van der Waals surface area contributed by atoms with Crippen LogP contribution in [0.1, 0.15) is 23.0 Å². The first kappa shape index (κ1) is 17.4. The summed E-state index contributed by atoms with van der Waals surface area (Å²) in [7, 11) is 0. The van der Waals surface area contributed by atoms with Crippen LogP contribution < -0.4 is 15.4 Å². The van der Waals surface area contributed by atoms with Gasteiger partial charge in [0.25, 0.3) is 5.91 Å². The zero-order valence-electron chi connectivity index (χ0n) is 14.5. The summed E-state index contributed by atoms with van der Waals surface area (Å²) in [5.74, 6) is 1.01. The Balaban J connectivity index is 1.62. The van der Waals surface area contributed by atoms with Gasteiger partial charge in [-0.25, -0.2) is 0 Å². The third kappa shape index (κ3) is 4.57. The summed E-state index contributed by atoms with van der Waals surface area (Å²) in [4.78, 5) is 12.2. The molecule has 26 heavy (non-hydrogen) atoms. The molecule has 1 heterocycles. The second-order valence-corrected chi connectivity index (χ2v) is 5.53. The van der Waals surface area contributed by atoms with Crippen molar-refractivity contribution in [3.63, 3.8) is 0 Å². The van der Waals surface area contributed by atoms with Crippen molar-refractivity contribution in [3.05, 3.63) is 78.0 Å². The number of para-hydroxylation sites is 2. The third-order valence-electron chi connectivity index (χ3n) is 3.64. The number of nitrogens with one attached hydrogen (secondary N) is 2. The zero-order valence-corrected chi connectivity index (χ0v) is 14.5. The Kier molecular flexibility index (Phi) is 5.77. The molecule has 0 unspecified atom stereocenters. The van der Waals surface area contributed by atoms with Crippen molar-refractivity contribution in [3.8, 4) is 5.75 Å². The van der Waals surface area contributed by atoms with Crippen molar-refractivity contribution >= 4 is 17.4 Å². The normalized spacial score (nSPS) is 10.2. The van der Waals surface area contributed by atoms with Gasteiger partial charge in [-0.15, -0.1) is 10.2 Å². The number of nitrogens with zero attached hydrogens (tertiary/aromatic N) is 2. The molecule has 0 saturated carbocycles. The molecule has 0 spiro atoms. The number of anilines is 2. The molecule has 6 heteroatoms. The predicted octanol–water partition coefficient (Wildman–Crippen LogP) is 3.55. The second kappa shape index (κ2) is 8.62. The van der Waals surface area contributed by atoms with Crippen LogP contribution in [0.5, 0.6) is 5.75 Å². The van der Waals surface area contributed by atoms with Crippen molar-refractivity contribution in [1.82, 2.24) is 15.5 Å². The Morgan fingerprint density at radius 3 is 2.46 bits per heavy atom. The first-order valence-electron chi connectivity index (χ1n) is 8.41. The number of amides is 1. The fraction of sp³-hybridized carbons (Fsp3) is 0.150. The van der Waals surface area contributed by atoms with Gasteiger partial charge in [0.2, 0.25) is 0 Å². The van der Waals surface area contributed by atoms with Gasteiger partial charge in [0.1, 0.15) is 5.75 Å². The fourth-order valence-electron chi connectivity index (χ4n) is 2.38. The molecule has 2 aromatic carbocycles. The van der Waals surface area contributed by atoms with E-state index in [0.717, 1.165) is 17.0 Å². The lowest BCUT2D eigenvalue weighted by Gasteiger charge is -2.11. The van der Waals surface area contributed by atoms with E-state index in [0.29, 0.717) is 19.0 Å². The van der Waals surface area contributed by atoms with Crippen LogP contribution >= 0.6 is 0 Å². The van der Waals surface area contributed by atoms with Crippen molar-refractivity contribution in [2.75, 3.05) is 11.9 Å². The smallest absolute Gasteiger partial charge is 0.272 e. The van der Waals surface area contributed by atoms with Crippen LogP contribution in [0.2, 0.25) is 0 Å². The average Bonchev–Trinajstić information content (AvgIpc) is 2.69. The van der Waals surface area contributed by atoms with Crippen molar-refractivity contribution in [2.45, 2.75) is 13.5 Å². The van der Waals surface area contributed by atoms with E-state index in [2.05, 4.69) is 20.8 Å².